The van der Waals surface area contributed by atoms with E-state index in [1.54, 1.807) is 28.5 Å². The Hall–Kier alpha value is -3.50. The lowest BCUT2D eigenvalue weighted by molar-refractivity contribution is -0.384. The SMILES string of the molecule is CC1SC(c2ccc([N+](=O)[O-])cc2)N(Nc2ncnc3cc(-c4ccccc4)sc23)C1=O. The Kier molecular flexibility index (Phi) is 5.24. The number of carbonyl (C=O) groups is 1. The number of nitro benzene ring substituents is 1. The highest BCUT2D eigenvalue weighted by Crippen LogP contribution is 2.44. The van der Waals surface area contributed by atoms with Crippen LogP contribution in [0.5, 0.6) is 0 Å². The van der Waals surface area contributed by atoms with Gasteiger partial charge < -0.3 is 0 Å². The molecule has 5 rings (SSSR count). The number of hydrogen-bond acceptors (Lipinski definition) is 8. The molecule has 8 nitrogen and oxygen atoms in total. The summed E-state index contributed by atoms with van der Waals surface area (Å²) in [7, 11) is 0. The van der Waals surface area contributed by atoms with Crippen LogP contribution in [-0.4, -0.2) is 31.1 Å². The zero-order valence-corrected chi connectivity index (χ0v) is 18.5. The van der Waals surface area contributed by atoms with Crippen LogP contribution < -0.4 is 5.43 Å². The van der Waals surface area contributed by atoms with Crippen molar-refractivity contribution >= 4 is 50.7 Å². The number of nitrogens with one attached hydrogen (secondary N) is 1. The first-order chi connectivity index (χ1) is 15.5. The maximum Gasteiger partial charge on any atom is 0.269 e. The number of non-ortho nitro benzene ring substituents is 1. The van der Waals surface area contributed by atoms with Crippen LogP contribution in [0.2, 0.25) is 0 Å². The van der Waals surface area contributed by atoms with Gasteiger partial charge in [-0.05, 0) is 36.2 Å². The summed E-state index contributed by atoms with van der Waals surface area (Å²) in [6.07, 6.45) is 1.48. The van der Waals surface area contributed by atoms with E-state index in [9.17, 15) is 14.9 Å². The van der Waals surface area contributed by atoms with E-state index >= 15 is 0 Å². The minimum absolute atomic E-state index is 0.0140. The summed E-state index contributed by atoms with van der Waals surface area (Å²) < 4.78 is 0.853. The Morgan fingerprint density at radius 2 is 1.84 bits per heavy atom. The van der Waals surface area contributed by atoms with Crippen LogP contribution >= 0.6 is 23.1 Å². The summed E-state index contributed by atoms with van der Waals surface area (Å²) in [4.78, 5) is 33.3. The fraction of sp³-hybridized carbons (Fsp3) is 0.136. The molecule has 32 heavy (non-hydrogen) atoms. The second kappa shape index (κ2) is 8.21. The second-order valence-corrected chi connectivity index (χ2v) is 9.69. The van der Waals surface area contributed by atoms with Crippen LogP contribution in [0.4, 0.5) is 11.5 Å². The zero-order chi connectivity index (χ0) is 22.2. The molecule has 2 unspecified atom stereocenters. The van der Waals surface area contributed by atoms with Gasteiger partial charge in [0.2, 0.25) is 0 Å². The molecule has 0 bridgehead atoms. The van der Waals surface area contributed by atoms with Crippen molar-refractivity contribution in [2.24, 2.45) is 0 Å². The Morgan fingerprint density at radius 3 is 2.56 bits per heavy atom. The molecule has 160 valence electrons. The summed E-state index contributed by atoms with van der Waals surface area (Å²) in [6.45, 7) is 1.85. The van der Waals surface area contributed by atoms with Gasteiger partial charge in [-0.15, -0.1) is 23.1 Å². The Morgan fingerprint density at radius 1 is 1.09 bits per heavy atom. The summed E-state index contributed by atoms with van der Waals surface area (Å²) in [5.41, 5.74) is 5.90. The summed E-state index contributed by atoms with van der Waals surface area (Å²) in [5, 5.41) is 11.9. The number of rotatable bonds is 5. The predicted molar refractivity (Wildman–Crippen MR) is 126 cm³/mol. The zero-order valence-electron chi connectivity index (χ0n) is 16.8. The summed E-state index contributed by atoms with van der Waals surface area (Å²) in [5.74, 6) is 0.474. The molecule has 0 spiro atoms. The number of benzene rings is 2. The minimum Gasteiger partial charge on any atom is -0.277 e. The van der Waals surface area contributed by atoms with E-state index in [2.05, 4.69) is 15.4 Å². The van der Waals surface area contributed by atoms with Crippen molar-refractivity contribution in [3.63, 3.8) is 0 Å². The molecular weight excluding hydrogens is 446 g/mol. The average Bonchev–Trinajstić information content (AvgIpc) is 3.37. The van der Waals surface area contributed by atoms with E-state index in [0.29, 0.717) is 5.82 Å². The van der Waals surface area contributed by atoms with Crippen LogP contribution in [0.25, 0.3) is 20.7 Å². The first kappa shape index (κ1) is 20.4. The van der Waals surface area contributed by atoms with Gasteiger partial charge in [0.05, 0.1) is 20.4 Å². The van der Waals surface area contributed by atoms with E-state index in [4.69, 9.17) is 0 Å². The van der Waals surface area contributed by atoms with Gasteiger partial charge in [-0.3, -0.25) is 20.3 Å². The molecule has 2 aromatic carbocycles. The van der Waals surface area contributed by atoms with Gasteiger partial charge in [-0.1, -0.05) is 30.3 Å². The van der Waals surface area contributed by atoms with Crippen LogP contribution in [0.15, 0.2) is 67.0 Å². The van der Waals surface area contributed by atoms with Gasteiger partial charge in [0.25, 0.3) is 11.6 Å². The van der Waals surface area contributed by atoms with E-state index in [0.717, 1.165) is 26.2 Å². The third kappa shape index (κ3) is 3.67. The molecule has 3 heterocycles. The first-order valence-electron chi connectivity index (χ1n) is 9.81. The molecule has 0 radical (unpaired) electrons. The smallest absolute Gasteiger partial charge is 0.269 e. The van der Waals surface area contributed by atoms with Crippen molar-refractivity contribution in [3.8, 4) is 10.4 Å². The number of fused-ring (bicyclic) bond motifs is 1. The van der Waals surface area contributed by atoms with E-state index in [1.807, 2.05) is 43.3 Å². The van der Waals surface area contributed by atoms with Crippen LogP contribution in [0.1, 0.15) is 17.9 Å². The van der Waals surface area contributed by atoms with Gasteiger partial charge in [0.1, 0.15) is 11.7 Å². The van der Waals surface area contributed by atoms with Crippen LogP contribution in [-0.2, 0) is 4.79 Å². The first-order valence-corrected chi connectivity index (χ1v) is 11.6. The Labute approximate surface area is 191 Å². The molecule has 0 saturated carbocycles. The van der Waals surface area contributed by atoms with Gasteiger partial charge >= 0.3 is 0 Å². The van der Waals surface area contributed by atoms with Gasteiger partial charge in [0, 0.05) is 17.0 Å². The number of thioether (sulfide) groups is 1. The normalized spacial score (nSPS) is 18.3. The largest absolute Gasteiger partial charge is 0.277 e. The lowest BCUT2D eigenvalue weighted by Crippen LogP contribution is -2.35. The minimum atomic E-state index is -0.436. The van der Waals surface area contributed by atoms with Crippen molar-refractivity contribution in [2.45, 2.75) is 17.5 Å². The van der Waals surface area contributed by atoms with E-state index in [1.165, 1.54) is 30.2 Å². The van der Waals surface area contributed by atoms with Crippen molar-refractivity contribution in [3.05, 3.63) is 82.7 Å². The van der Waals surface area contributed by atoms with Gasteiger partial charge in [-0.2, -0.15) is 0 Å². The van der Waals surface area contributed by atoms with Gasteiger partial charge in [0.15, 0.2) is 5.82 Å². The second-order valence-electron chi connectivity index (χ2n) is 7.21. The molecule has 1 fully saturated rings. The topological polar surface area (TPSA) is 101 Å². The molecule has 1 aliphatic heterocycles. The number of hydrazine groups is 1. The number of thiophene rings is 1. The third-order valence-corrected chi connectivity index (χ3v) is 7.67. The van der Waals surface area contributed by atoms with E-state index in [-0.39, 0.29) is 22.2 Å². The molecule has 2 atom stereocenters. The Balaban J connectivity index is 1.49. The average molecular weight is 464 g/mol. The molecule has 10 heteroatoms. The van der Waals surface area contributed by atoms with Gasteiger partial charge in [-0.25, -0.2) is 15.0 Å². The standard InChI is InChI=1S/C22H17N5O3S2/c1-13-21(28)26(22(31-13)15-7-9-16(10-8-15)27(29)30)25-20-19-17(23-12-24-20)11-18(32-19)14-5-3-2-4-6-14/h2-13,22H,1H3,(H,23,24,25). The fourth-order valence-electron chi connectivity index (χ4n) is 3.52. The van der Waals surface area contributed by atoms with Crippen molar-refractivity contribution in [1.82, 2.24) is 15.0 Å². The number of aromatic nitrogens is 2. The maximum absolute atomic E-state index is 12.9. The van der Waals surface area contributed by atoms with Crippen molar-refractivity contribution in [1.29, 1.82) is 0 Å². The highest BCUT2D eigenvalue weighted by Gasteiger charge is 2.39. The summed E-state index contributed by atoms with van der Waals surface area (Å²) in [6, 6.07) is 18.3. The highest BCUT2D eigenvalue weighted by molar-refractivity contribution is 8.01. The van der Waals surface area contributed by atoms with Crippen molar-refractivity contribution in [2.75, 3.05) is 5.43 Å². The summed E-state index contributed by atoms with van der Waals surface area (Å²) >= 11 is 3.04. The number of hydrogen-bond donors (Lipinski definition) is 1. The number of carbonyl (C=O) groups excluding carboxylic acids is 1. The number of amides is 1. The van der Waals surface area contributed by atoms with Crippen LogP contribution in [0, 0.1) is 10.1 Å². The third-order valence-electron chi connectivity index (χ3n) is 5.14. The lowest BCUT2D eigenvalue weighted by atomic mass is 10.2. The maximum atomic E-state index is 12.9. The molecule has 1 amide bonds. The van der Waals surface area contributed by atoms with Crippen LogP contribution in [0.3, 0.4) is 0 Å². The molecular formula is C22H17N5O3S2. The lowest BCUT2D eigenvalue weighted by Gasteiger charge is -2.25. The predicted octanol–water partition coefficient (Wildman–Crippen LogP) is 5.26. The molecule has 4 aromatic rings. The molecule has 0 aliphatic carbocycles. The number of anilines is 1. The Bertz CT molecular complexity index is 1310. The van der Waals surface area contributed by atoms with E-state index < -0.39 is 4.92 Å². The molecule has 1 saturated heterocycles. The number of nitrogens with zero attached hydrogens (tertiary/aromatic N) is 4. The van der Waals surface area contributed by atoms with Crippen molar-refractivity contribution < 1.29 is 9.72 Å². The number of nitro groups is 1. The highest BCUT2D eigenvalue weighted by atomic mass is 32.2. The monoisotopic (exact) mass is 463 g/mol. The molecule has 1 aliphatic rings. The quantitative estimate of drug-likeness (QED) is 0.318. The molecule has 1 N–H and O–H groups in total. The fourth-order valence-corrected chi connectivity index (χ4v) is 5.78. The molecule has 2 aromatic heterocycles.